The van der Waals surface area contributed by atoms with E-state index in [9.17, 15) is 20.0 Å². The second-order valence-electron chi connectivity index (χ2n) is 6.00. The highest BCUT2D eigenvalue weighted by Gasteiger charge is 2.17. The van der Waals surface area contributed by atoms with Gasteiger partial charge in [-0.2, -0.15) is 0 Å². The molecule has 0 aliphatic carbocycles. The number of nitrogens with zero attached hydrogens (tertiary/aromatic N) is 2. The number of hydrogen-bond donors (Lipinski definition) is 2. The lowest BCUT2D eigenvalue weighted by Gasteiger charge is -2.07. The van der Waals surface area contributed by atoms with Crippen molar-refractivity contribution in [3.63, 3.8) is 0 Å². The van der Waals surface area contributed by atoms with Crippen LogP contribution in [0.1, 0.15) is 15.9 Å². The minimum absolute atomic E-state index is 0.0971. The zero-order valence-electron chi connectivity index (χ0n) is 15.0. The molecule has 0 fully saturated rings. The number of halogens is 3. The number of phenolic OH excluding ortho intramolecular Hbond substituents is 1. The highest BCUT2D eigenvalue weighted by atomic mass is 35.5. The van der Waals surface area contributed by atoms with Crippen molar-refractivity contribution in [2.24, 2.45) is 4.99 Å². The van der Waals surface area contributed by atoms with E-state index in [1.165, 1.54) is 24.4 Å². The molecule has 0 aromatic heterocycles. The number of hydrogen-bond acceptors (Lipinski definition) is 5. The fourth-order valence-electron chi connectivity index (χ4n) is 2.49. The maximum Gasteiger partial charge on any atom is 0.312 e. The van der Waals surface area contributed by atoms with Gasteiger partial charge in [-0.3, -0.25) is 19.9 Å². The lowest BCUT2D eigenvalue weighted by Crippen LogP contribution is -2.12. The van der Waals surface area contributed by atoms with Gasteiger partial charge in [0.25, 0.3) is 5.91 Å². The number of rotatable bonds is 5. The number of aromatic hydroxyl groups is 1. The van der Waals surface area contributed by atoms with E-state index in [0.29, 0.717) is 16.4 Å². The molecule has 0 unspecified atom stereocenters. The van der Waals surface area contributed by atoms with Crippen molar-refractivity contribution in [1.29, 1.82) is 0 Å². The van der Waals surface area contributed by atoms with Crippen LogP contribution >= 0.6 is 34.8 Å². The number of phenols is 1. The Hall–Kier alpha value is -3.13. The maximum absolute atomic E-state index is 12.3. The summed E-state index contributed by atoms with van der Waals surface area (Å²) in [6.07, 6.45) is 1.26. The molecule has 0 aliphatic rings. The summed E-state index contributed by atoms with van der Waals surface area (Å²) in [5, 5.41) is 24.4. The summed E-state index contributed by atoms with van der Waals surface area (Å²) in [6.45, 7) is 0. The Bertz CT molecular complexity index is 1160. The van der Waals surface area contributed by atoms with Crippen LogP contribution in [0, 0.1) is 10.1 Å². The standard InChI is InChI=1S/C20H12Cl3N3O4/c21-12-1-6-16(17(23)8-12)20(28)25-15-4-2-14(3-5-15)24-10-11-7-13(22)9-18(19(11)27)26(29)30/h1-10,27H,(H,25,28). The normalized spacial score (nSPS) is 10.9. The maximum atomic E-state index is 12.3. The Kier molecular flexibility index (Phi) is 6.56. The highest BCUT2D eigenvalue weighted by molar-refractivity contribution is 6.37. The number of benzene rings is 3. The molecule has 0 bridgehead atoms. The minimum atomic E-state index is -0.733. The first-order valence-electron chi connectivity index (χ1n) is 8.32. The zero-order valence-corrected chi connectivity index (χ0v) is 17.2. The monoisotopic (exact) mass is 463 g/mol. The average Bonchev–Trinajstić information content (AvgIpc) is 2.69. The average molecular weight is 465 g/mol. The first-order valence-corrected chi connectivity index (χ1v) is 9.45. The second kappa shape index (κ2) is 9.13. The Morgan fingerprint density at radius 2 is 1.73 bits per heavy atom. The third-order valence-electron chi connectivity index (χ3n) is 3.93. The van der Waals surface area contributed by atoms with Gasteiger partial charge in [-0.25, -0.2) is 0 Å². The largest absolute Gasteiger partial charge is 0.502 e. The zero-order chi connectivity index (χ0) is 21.8. The van der Waals surface area contributed by atoms with Crippen molar-refractivity contribution in [3.05, 3.63) is 90.9 Å². The van der Waals surface area contributed by atoms with E-state index in [1.54, 1.807) is 30.3 Å². The third kappa shape index (κ3) is 5.07. The summed E-state index contributed by atoms with van der Waals surface area (Å²) in [4.78, 5) is 26.7. The lowest BCUT2D eigenvalue weighted by atomic mass is 10.2. The van der Waals surface area contributed by atoms with Crippen LogP contribution in [-0.2, 0) is 0 Å². The lowest BCUT2D eigenvalue weighted by molar-refractivity contribution is -0.385. The van der Waals surface area contributed by atoms with Crippen LogP contribution in [0.3, 0.4) is 0 Å². The fourth-order valence-corrected chi connectivity index (χ4v) is 3.21. The molecule has 10 heteroatoms. The van der Waals surface area contributed by atoms with Gasteiger partial charge in [-0.15, -0.1) is 0 Å². The number of nitro groups is 1. The van der Waals surface area contributed by atoms with Gasteiger partial charge in [0.15, 0.2) is 0 Å². The Morgan fingerprint density at radius 3 is 2.37 bits per heavy atom. The van der Waals surface area contributed by atoms with Gasteiger partial charge in [-0.1, -0.05) is 34.8 Å². The van der Waals surface area contributed by atoms with Crippen LogP contribution in [0.25, 0.3) is 0 Å². The van der Waals surface area contributed by atoms with Gasteiger partial charge in [-0.05, 0) is 48.5 Å². The molecule has 0 radical (unpaired) electrons. The molecule has 1 amide bonds. The van der Waals surface area contributed by atoms with Crippen molar-refractivity contribution < 1.29 is 14.8 Å². The molecule has 3 aromatic carbocycles. The smallest absolute Gasteiger partial charge is 0.312 e. The van der Waals surface area contributed by atoms with Crippen molar-refractivity contribution in [2.45, 2.75) is 0 Å². The molecule has 30 heavy (non-hydrogen) atoms. The Balaban J connectivity index is 1.75. The Labute approximate surface area is 185 Å². The van der Waals surface area contributed by atoms with Gasteiger partial charge in [0.1, 0.15) is 0 Å². The third-order valence-corrected chi connectivity index (χ3v) is 4.70. The number of carbonyl (C=O) groups excluding carboxylic acids is 1. The first-order chi connectivity index (χ1) is 14.2. The molecule has 7 nitrogen and oxygen atoms in total. The number of carbonyl (C=O) groups is 1. The van der Waals surface area contributed by atoms with E-state index in [2.05, 4.69) is 10.3 Å². The van der Waals surface area contributed by atoms with Crippen molar-refractivity contribution in [1.82, 2.24) is 0 Å². The van der Waals surface area contributed by atoms with E-state index in [1.807, 2.05) is 0 Å². The Morgan fingerprint density at radius 1 is 1.03 bits per heavy atom. The summed E-state index contributed by atoms with van der Waals surface area (Å²) in [6, 6.07) is 13.5. The summed E-state index contributed by atoms with van der Waals surface area (Å²) in [5.41, 5.74) is 0.860. The molecule has 0 aliphatic heterocycles. The molecule has 0 spiro atoms. The molecule has 0 heterocycles. The molecule has 0 saturated heterocycles. The predicted molar refractivity (Wildman–Crippen MR) is 118 cm³/mol. The van der Waals surface area contributed by atoms with E-state index < -0.39 is 22.3 Å². The topological polar surface area (TPSA) is 105 Å². The number of nitrogens with one attached hydrogen (secondary N) is 1. The summed E-state index contributed by atoms with van der Waals surface area (Å²) in [5.74, 6) is -0.930. The molecule has 0 atom stereocenters. The number of aliphatic imine (C=N–C) groups is 1. The SMILES string of the molecule is O=C(Nc1ccc(N=Cc2cc(Cl)cc([N+](=O)[O-])c2O)cc1)c1ccc(Cl)cc1Cl. The van der Waals surface area contributed by atoms with E-state index >= 15 is 0 Å². The van der Waals surface area contributed by atoms with Crippen molar-refractivity contribution in [3.8, 4) is 5.75 Å². The quantitative estimate of drug-likeness (QED) is 0.264. The van der Waals surface area contributed by atoms with Gasteiger partial charge in [0.2, 0.25) is 5.75 Å². The molecular formula is C20H12Cl3N3O4. The number of amides is 1. The van der Waals surface area contributed by atoms with E-state index in [4.69, 9.17) is 34.8 Å². The molecule has 152 valence electrons. The van der Waals surface area contributed by atoms with Crippen LogP contribution in [0.2, 0.25) is 15.1 Å². The van der Waals surface area contributed by atoms with Gasteiger partial charge in [0.05, 0.1) is 21.2 Å². The highest BCUT2D eigenvalue weighted by Crippen LogP contribution is 2.32. The van der Waals surface area contributed by atoms with Crippen LogP contribution in [-0.4, -0.2) is 22.2 Å². The first kappa shape index (κ1) is 21.6. The van der Waals surface area contributed by atoms with Crippen molar-refractivity contribution in [2.75, 3.05) is 5.32 Å². The number of anilines is 1. The predicted octanol–water partition coefficient (Wildman–Crippen LogP) is 6.26. The van der Waals surface area contributed by atoms with Gasteiger partial charge < -0.3 is 10.4 Å². The van der Waals surface area contributed by atoms with Crippen LogP contribution in [0.4, 0.5) is 17.1 Å². The molecule has 3 rings (SSSR count). The van der Waals surface area contributed by atoms with E-state index in [0.717, 1.165) is 6.07 Å². The van der Waals surface area contributed by atoms with Crippen molar-refractivity contribution >= 4 is 64.0 Å². The molecule has 2 N–H and O–H groups in total. The van der Waals surface area contributed by atoms with Crippen LogP contribution in [0.5, 0.6) is 5.75 Å². The van der Waals surface area contributed by atoms with Gasteiger partial charge in [0, 0.05) is 33.6 Å². The summed E-state index contributed by atoms with van der Waals surface area (Å²) in [7, 11) is 0. The second-order valence-corrected chi connectivity index (χ2v) is 7.28. The fraction of sp³-hybridized carbons (Fsp3) is 0. The van der Waals surface area contributed by atoms with E-state index in [-0.39, 0.29) is 21.2 Å². The number of nitro benzene ring substituents is 1. The molecule has 0 saturated carbocycles. The van der Waals surface area contributed by atoms with Crippen LogP contribution in [0.15, 0.2) is 59.6 Å². The summed E-state index contributed by atoms with van der Waals surface area (Å²) >= 11 is 17.7. The minimum Gasteiger partial charge on any atom is -0.502 e. The van der Waals surface area contributed by atoms with Gasteiger partial charge >= 0.3 is 5.69 Å². The summed E-state index contributed by atoms with van der Waals surface area (Å²) < 4.78 is 0. The molecule has 3 aromatic rings. The molecular weight excluding hydrogens is 453 g/mol. The van der Waals surface area contributed by atoms with Crippen LogP contribution < -0.4 is 5.32 Å².